The minimum atomic E-state index is -0.613. The molecular formula is C15H23N3O4. The van der Waals surface area contributed by atoms with E-state index in [4.69, 9.17) is 0 Å². The molecule has 1 rings (SSSR count). The number of aryl methyl sites for hydroxylation is 1. The van der Waals surface area contributed by atoms with Crippen LogP contribution in [0, 0.1) is 29.9 Å². The molecule has 0 aliphatic rings. The molecule has 122 valence electrons. The summed E-state index contributed by atoms with van der Waals surface area (Å²) in [6.45, 7) is 7.46. The number of carbonyl (C=O) groups excluding carboxylic acids is 1. The fourth-order valence-corrected chi connectivity index (χ4v) is 2.22. The topological polar surface area (TPSA) is 105 Å². The molecule has 0 aliphatic heterocycles. The van der Waals surface area contributed by atoms with Crippen LogP contribution in [0.15, 0.2) is 12.1 Å². The van der Waals surface area contributed by atoms with Crippen molar-refractivity contribution in [2.45, 2.75) is 40.2 Å². The van der Waals surface area contributed by atoms with E-state index in [1.54, 1.807) is 19.9 Å². The number of nitro groups is 1. The summed E-state index contributed by atoms with van der Waals surface area (Å²) in [5.41, 5.74) is 1.52. The summed E-state index contributed by atoms with van der Waals surface area (Å²) in [4.78, 5) is 22.3. The van der Waals surface area contributed by atoms with E-state index in [1.807, 2.05) is 13.8 Å². The Bertz CT molecular complexity index is 558. The van der Waals surface area contributed by atoms with Crippen LogP contribution < -0.4 is 10.6 Å². The van der Waals surface area contributed by atoms with Crippen LogP contribution in [0.2, 0.25) is 0 Å². The summed E-state index contributed by atoms with van der Waals surface area (Å²) in [5.74, 6) is 0.334. The van der Waals surface area contributed by atoms with Crippen molar-refractivity contribution in [2.24, 2.45) is 5.92 Å². The fourth-order valence-electron chi connectivity index (χ4n) is 2.22. The van der Waals surface area contributed by atoms with Gasteiger partial charge in [0, 0.05) is 12.6 Å². The Hall–Kier alpha value is -2.15. The number of benzene rings is 1. The van der Waals surface area contributed by atoms with Crippen molar-refractivity contribution in [3.8, 4) is 0 Å². The predicted octanol–water partition coefficient (Wildman–Crippen LogP) is 2.74. The Morgan fingerprint density at radius 2 is 2.00 bits per heavy atom. The quantitative estimate of drug-likeness (QED) is 0.555. The van der Waals surface area contributed by atoms with Gasteiger partial charge in [0.1, 0.15) is 0 Å². The number of rotatable bonds is 6. The highest BCUT2D eigenvalue weighted by Crippen LogP contribution is 2.28. The van der Waals surface area contributed by atoms with Crippen LogP contribution >= 0.6 is 0 Å². The lowest BCUT2D eigenvalue weighted by atomic mass is 10.1. The van der Waals surface area contributed by atoms with Crippen LogP contribution in [-0.4, -0.2) is 28.7 Å². The minimum Gasteiger partial charge on any atom is -0.391 e. The maximum absolute atomic E-state index is 11.9. The summed E-state index contributed by atoms with van der Waals surface area (Å²) < 4.78 is 0. The third-order valence-electron chi connectivity index (χ3n) is 3.32. The summed E-state index contributed by atoms with van der Waals surface area (Å²) >= 11 is 0. The van der Waals surface area contributed by atoms with Gasteiger partial charge in [-0.2, -0.15) is 0 Å². The zero-order chi connectivity index (χ0) is 16.9. The van der Waals surface area contributed by atoms with Gasteiger partial charge >= 0.3 is 6.03 Å². The van der Waals surface area contributed by atoms with Crippen molar-refractivity contribution in [2.75, 3.05) is 11.9 Å². The summed E-state index contributed by atoms with van der Waals surface area (Å²) in [6.07, 6.45) is -0.0205. The molecule has 0 heterocycles. The first-order chi connectivity index (χ1) is 10.2. The third kappa shape index (κ3) is 5.00. The Balaban J connectivity index is 2.72. The maximum Gasteiger partial charge on any atom is 0.319 e. The first-order valence-corrected chi connectivity index (χ1v) is 7.19. The van der Waals surface area contributed by atoms with E-state index < -0.39 is 17.1 Å². The van der Waals surface area contributed by atoms with E-state index in [1.165, 1.54) is 6.07 Å². The standard InChI is InChI=1S/C15H23N3O4/c1-9(2)7-12(19)8-16-15(20)17-14-10(3)5-6-13(11(14)4)18(21)22/h5-6,9,12,19H,7-8H2,1-4H3,(H2,16,17,20). The molecule has 3 N–H and O–H groups in total. The van der Waals surface area contributed by atoms with Crippen molar-refractivity contribution >= 4 is 17.4 Å². The van der Waals surface area contributed by atoms with Crippen LogP contribution in [0.4, 0.5) is 16.2 Å². The Morgan fingerprint density at radius 1 is 1.36 bits per heavy atom. The number of carbonyl (C=O) groups is 1. The van der Waals surface area contributed by atoms with Crippen molar-refractivity contribution in [3.05, 3.63) is 33.4 Å². The normalized spacial score (nSPS) is 12.1. The molecule has 22 heavy (non-hydrogen) atoms. The number of amides is 2. The second-order valence-corrected chi connectivity index (χ2v) is 5.78. The number of nitrogens with one attached hydrogen (secondary N) is 2. The SMILES string of the molecule is Cc1ccc([N+](=O)[O-])c(C)c1NC(=O)NCC(O)CC(C)C. The molecule has 0 fully saturated rings. The van der Waals surface area contributed by atoms with Crippen LogP contribution in [0.25, 0.3) is 0 Å². The fraction of sp³-hybridized carbons (Fsp3) is 0.533. The van der Waals surface area contributed by atoms with E-state index in [0.29, 0.717) is 23.6 Å². The molecule has 0 bridgehead atoms. The van der Waals surface area contributed by atoms with Gasteiger partial charge < -0.3 is 15.7 Å². The minimum absolute atomic E-state index is 0.0410. The average Bonchev–Trinajstić information content (AvgIpc) is 2.40. The summed E-state index contributed by atoms with van der Waals surface area (Å²) in [5, 5.41) is 25.8. The summed E-state index contributed by atoms with van der Waals surface area (Å²) in [7, 11) is 0. The highest BCUT2D eigenvalue weighted by atomic mass is 16.6. The number of anilines is 1. The van der Waals surface area contributed by atoms with Gasteiger partial charge in [-0.15, -0.1) is 0 Å². The monoisotopic (exact) mass is 309 g/mol. The average molecular weight is 309 g/mol. The molecule has 0 saturated carbocycles. The molecule has 1 aromatic carbocycles. The molecule has 0 spiro atoms. The molecule has 0 radical (unpaired) electrons. The smallest absolute Gasteiger partial charge is 0.319 e. The van der Waals surface area contributed by atoms with Gasteiger partial charge in [0.2, 0.25) is 0 Å². The molecule has 1 aromatic rings. The molecule has 0 aliphatic carbocycles. The van der Waals surface area contributed by atoms with E-state index >= 15 is 0 Å². The van der Waals surface area contributed by atoms with Gasteiger partial charge in [-0.3, -0.25) is 10.1 Å². The molecule has 1 unspecified atom stereocenters. The number of nitro benzene ring substituents is 1. The molecule has 0 saturated heterocycles. The van der Waals surface area contributed by atoms with Crippen molar-refractivity contribution < 1.29 is 14.8 Å². The number of aliphatic hydroxyl groups excluding tert-OH is 1. The van der Waals surface area contributed by atoms with E-state index in [-0.39, 0.29) is 12.2 Å². The van der Waals surface area contributed by atoms with Gasteiger partial charge in [0.05, 0.1) is 22.3 Å². The lowest BCUT2D eigenvalue weighted by Gasteiger charge is -2.16. The van der Waals surface area contributed by atoms with Gasteiger partial charge in [0.15, 0.2) is 0 Å². The van der Waals surface area contributed by atoms with Crippen LogP contribution in [0.1, 0.15) is 31.4 Å². The van der Waals surface area contributed by atoms with Crippen LogP contribution in [-0.2, 0) is 0 Å². The lowest BCUT2D eigenvalue weighted by Crippen LogP contribution is -2.36. The molecule has 2 amide bonds. The highest BCUT2D eigenvalue weighted by Gasteiger charge is 2.17. The Morgan fingerprint density at radius 3 is 2.55 bits per heavy atom. The number of aliphatic hydroxyl groups is 1. The van der Waals surface area contributed by atoms with Crippen molar-refractivity contribution in [1.82, 2.24) is 5.32 Å². The van der Waals surface area contributed by atoms with Crippen molar-refractivity contribution in [3.63, 3.8) is 0 Å². The lowest BCUT2D eigenvalue weighted by molar-refractivity contribution is -0.385. The Kier molecular flexibility index (Phi) is 6.30. The van der Waals surface area contributed by atoms with E-state index in [0.717, 1.165) is 5.56 Å². The molecule has 0 aromatic heterocycles. The predicted molar refractivity (Wildman–Crippen MR) is 85.1 cm³/mol. The second-order valence-electron chi connectivity index (χ2n) is 5.78. The summed E-state index contributed by atoms with van der Waals surface area (Å²) in [6, 6.07) is 2.52. The van der Waals surface area contributed by atoms with Gasteiger partial charge in [-0.05, 0) is 31.7 Å². The van der Waals surface area contributed by atoms with E-state index in [9.17, 15) is 20.0 Å². The Labute approximate surface area is 129 Å². The number of nitrogens with zero attached hydrogens (tertiary/aromatic N) is 1. The number of urea groups is 1. The zero-order valence-electron chi connectivity index (χ0n) is 13.3. The van der Waals surface area contributed by atoms with Gasteiger partial charge in [-0.1, -0.05) is 19.9 Å². The molecular weight excluding hydrogens is 286 g/mol. The van der Waals surface area contributed by atoms with E-state index in [2.05, 4.69) is 10.6 Å². The maximum atomic E-state index is 11.9. The number of hydrogen-bond donors (Lipinski definition) is 3. The van der Waals surface area contributed by atoms with Crippen LogP contribution in [0.3, 0.4) is 0 Å². The van der Waals surface area contributed by atoms with Crippen molar-refractivity contribution in [1.29, 1.82) is 0 Å². The zero-order valence-corrected chi connectivity index (χ0v) is 13.3. The largest absolute Gasteiger partial charge is 0.391 e. The first-order valence-electron chi connectivity index (χ1n) is 7.19. The molecule has 7 nitrogen and oxygen atoms in total. The molecule has 7 heteroatoms. The number of hydrogen-bond acceptors (Lipinski definition) is 4. The van der Waals surface area contributed by atoms with Gasteiger partial charge in [0.25, 0.3) is 5.69 Å². The van der Waals surface area contributed by atoms with Gasteiger partial charge in [-0.25, -0.2) is 4.79 Å². The first kappa shape index (κ1) is 17.9. The molecule has 1 atom stereocenters. The van der Waals surface area contributed by atoms with Crippen LogP contribution in [0.5, 0.6) is 0 Å². The second kappa shape index (κ2) is 7.74. The highest BCUT2D eigenvalue weighted by molar-refractivity contribution is 5.91. The third-order valence-corrected chi connectivity index (χ3v) is 3.32.